The standard InChI is InChI=1S/C23H28N4O3S/c1-16-13-24-14-22(25-16)27-23(8-10-31(27,29)30)7-9-26(17(2)12-23)15-18-3-6-21(28)20(11-18)19-4-5-19/h3,6,8,10-11,13-14,17,19,28H,4-5,7,9,12,15H2,1-2H3/t17-,23-/m0/s1. The Morgan fingerprint density at radius 3 is 2.77 bits per heavy atom. The molecule has 8 heteroatoms. The van der Waals surface area contributed by atoms with Crippen LogP contribution in [0.4, 0.5) is 5.82 Å². The third kappa shape index (κ3) is 3.72. The molecule has 5 rings (SSSR count). The maximum absolute atomic E-state index is 12.9. The van der Waals surface area contributed by atoms with Crippen LogP contribution in [0.2, 0.25) is 0 Å². The van der Waals surface area contributed by atoms with E-state index in [-0.39, 0.29) is 6.04 Å². The van der Waals surface area contributed by atoms with Gasteiger partial charge in [-0.15, -0.1) is 0 Å². The topological polar surface area (TPSA) is 86.6 Å². The van der Waals surface area contributed by atoms with Crippen molar-refractivity contribution in [1.82, 2.24) is 14.9 Å². The summed E-state index contributed by atoms with van der Waals surface area (Å²) in [6.45, 7) is 5.54. The van der Waals surface area contributed by atoms with Gasteiger partial charge in [-0.1, -0.05) is 12.1 Å². The van der Waals surface area contributed by atoms with E-state index in [1.165, 1.54) is 21.5 Å². The molecule has 0 radical (unpaired) electrons. The summed E-state index contributed by atoms with van der Waals surface area (Å²) in [5.74, 6) is 1.28. The molecular weight excluding hydrogens is 412 g/mol. The number of likely N-dealkylation sites (tertiary alicyclic amines) is 1. The normalized spacial score (nSPS) is 27.8. The fraction of sp³-hybridized carbons (Fsp3) is 0.478. The molecule has 0 unspecified atom stereocenters. The molecule has 7 nitrogen and oxygen atoms in total. The van der Waals surface area contributed by atoms with Crippen LogP contribution < -0.4 is 4.31 Å². The molecule has 0 bridgehead atoms. The van der Waals surface area contributed by atoms with E-state index in [4.69, 9.17) is 0 Å². The minimum absolute atomic E-state index is 0.185. The molecule has 1 saturated heterocycles. The second-order valence-electron chi connectivity index (χ2n) is 9.18. The molecule has 1 aliphatic carbocycles. The van der Waals surface area contributed by atoms with Gasteiger partial charge in [0, 0.05) is 30.7 Å². The zero-order chi connectivity index (χ0) is 21.8. The molecule has 2 aromatic rings. The molecular formula is C23H28N4O3S. The lowest BCUT2D eigenvalue weighted by Gasteiger charge is -2.46. The third-order valence-corrected chi connectivity index (χ3v) is 8.30. The molecule has 1 saturated carbocycles. The minimum atomic E-state index is -3.57. The molecule has 164 valence electrons. The van der Waals surface area contributed by atoms with Crippen molar-refractivity contribution in [2.75, 3.05) is 10.8 Å². The number of hydrogen-bond acceptors (Lipinski definition) is 6. The van der Waals surface area contributed by atoms with E-state index >= 15 is 0 Å². The number of piperidine rings is 1. The number of hydrogen-bond donors (Lipinski definition) is 1. The van der Waals surface area contributed by atoms with Gasteiger partial charge in [-0.05, 0) is 68.7 Å². The van der Waals surface area contributed by atoms with Gasteiger partial charge < -0.3 is 5.11 Å². The highest BCUT2D eigenvalue weighted by Gasteiger charge is 2.50. The average Bonchev–Trinajstić information content (AvgIpc) is 3.52. The van der Waals surface area contributed by atoms with Crippen molar-refractivity contribution in [3.05, 3.63) is 58.9 Å². The van der Waals surface area contributed by atoms with E-state index in [2.05, 4.69) is 27.9 Å². The van der Waals surface area contributed by atoms with Crippen LogP contribution in [0, 0.1) is 6.92 Å². The lowest BCUT2D eigenvalue weighted by atomic mass is 9.83. The van der Waals surface area contributed by atoms with Crippen molar-refractivity contribution in [2.45, 2.75) is 63.6 Å². The van der Waals surface area contributed by atoms with E-state index in [0.29, 0.717) is 36.0 Å². The number of rotatable bonds is 4. The number of phenolic OH excluding ortho intramolecular Hbond substituents is 1. The summed E-state index contributed by atoms with van der Waals surface area (Å²) in [6.07, 6.45) is 8.68. The number of benzene rings is 1. The molecule has 1 aromatic heterocycles. The molecule has 31 heavy (non-hydrogen) atoms. The largest absolute Gasteiger partial charge is 0.508 e. The zero-order valence-corrected chi connectivity index (χ0v) is 18.7. The Morgan fingerprint density at radius 2 is 2.06 bits per heavy atom. The fourth-order valence-electron chi connectivity index (χ4n) is 5.03. The highest BCUT2D eigenvalue weighted by atomic mass is 32.2. The Hall–Kier alpha value is -2.45. The van der Waals surface area contributed by atoms with Crippen molar-refractivity contribution in [1.29, 1.82) is 0 Å². The number of aromatic nitrogens is 2. The number of aromatic hydroxyl groups is 1. The quantitative estimate of drug-likeness (QED) is 0.784. The molecule has 3 heterocycles. The SMILES string of the molecule is Cc1cncc(N2[C@]3(C=CS2(=O)=O)CCN(Cc2ccc(O)c(C4CC4)c2)[C@@H](C)C3)n1. The van der Waals surface area contributed by atoms with Crippen molar-refractivity contribution < 1.29 is 13.5 Å². The Labute approximate surface area is 183 Å². The van der Waals surface area contributed by atoms with Gasteiger partial charge in [-0.2, -0.15) is 0 Å². The number of sulfonamides is 1. The number of nitrogens with zero attached hydrogens (tertiary/aromatic N) is 4. The van der Waals surface area contributed by atoms with E-state index in [1.54, 1.807) is 6.20 Å². The summed E-state index contributed by atoms with van der Waals surface area (Å²) < 4.78 is 27.3. The van der Waals surface area contributed by atoms with Gasteiger partial charge in [-0.3, -0.25) is 9.88 Å². The van der Waals surface area contributed by atoms with Gasteiger partial charge in [-0.25, -0.2) is 17.7 Å². The predicted molar refractivity (Wildman–Crippen MR) is 119 cm³/mol. The van der Waals surface area contributed by atoms with E-state index < -0.39 is 15.6 Å². The zero-order valence-electron chi connectivity index (χ0n) is 17.9. The molecule has 3 aliphatic rings. The van der Waals surface area contributed by atoms with Gasteiger partial charge in [0.2, 0.25) is 0 Å². The molecule has 0 amide bonds. The maximum Gasteiger partial charge on any atom is 0.259 e. The number of anilines is 1. The van der Waals surface area contributed by atoms with Gasteiger partial charge >= 0.3 is 0 Å². The Balaban J connectivity index is 1.37. The molecule has 2 fully saturated rings. The van der Waals surface area contributed by atoms with Crippen molar-refractivity contribution >= 4 is 15.8 Å². The van der Waals surface area contributed by atoms with Gasteiger partial charge in [0.25, 0.3) is 10.0 Å². The molecule has 2 aliphatic heterocycles. The van der Waals surface area contributed by atoms with Crippen molar-refractivity contribution in [2.24, 2.45) is 0 Å². The van der Waals surface area contributed by atoms with Gasteiger partial charge in [0.05, 0.1) is 17.4 Å². The highest BCUT2D eigenvalue weighted by molar-refractivity contribution is 7.96. The summed E-state index contributed by atoms with van der Waals surface area (Å²) in [5, 5.41) is 11.5. The highest BCUT2D eigenvalue weighted by Crippen LogP contribution is 2.45. The smallest absolute Gasteiger partial charge is 0.259 e. The van der Waals surface area contributed by atoms with Crippen LogP contribution in [-0.4, -0.2) is 46.5 Å². The fourth-order valence-corrected chi connectivity index (χ4v) is 6.66. The number of aryl methyl sites for hydroxylation is 1. The lowest BCUT2D eigenvalue weighted by Crippen LogP contribution is -2.56. The van der Waals surface area contributed by atoms with Crippen LogP contribution in [0.25, 0.3) is 0 Å². The Bertz CT molecular complexity index is 1150. The lowest BCUT2D eigenvalue weighted by molar-refractivity contribution is 0.119. The first-order valence-electron chi connectivity index (χ1n) is 10.9. The monoisotopic (exact) mass is 440 g/mol. The van der Waals surface area contributed by atoms with Crippen LogP contribution in [0.5, 0.6) is 5.75 Å². The van der Waals surface area contributed by atoms with E-state index in [9.17, 15) is 13.5 Å². The van der Waals surface area contributed by atoms with Crippen LogP contribution in [0.15, 0.2) is 42.1 Å². The van der Waals surface area contributed by atoms with E-state index in [0.717, 1.165) is 31.5 Å². The molecule has 2 atom stereocenters. The van der Waals surface area contributed by atoms with Crippen molar-refractivity contribution in [3.63, 3.8) is 0 Å². The van der Waals surface area contributed by atoms with E-state index in [1.807, 2.05) is 25.1 Å². The van der Waals surface area contributed by atoms with Crippen LogP contribution in [0.3, 0.4) is 0 Å². The minimum Gasteiger partial charge on any atom is -0.508 e. The van der Waals surface area contributed by atoms with Gasteiger partial charge in [0.15, 0.2) is 5.82 Å². The van der Waals surface area contributed by atoms with Crippen LogP contribution in [-0.2, 0) is 16.6 Å². The summed E-state index contributed by atoms with van der Waals surface area (Å²) in [4.78, 5) is 11.0. The molecule has 1 N–H and O–H groups in total. The predicted octanol–water partition coefficient (Wildman–Crippen LogP) is 3.45. The first kappa shape index (κ1) is 20.5. The maximum atomic E-state index is 12.9. The van der Waals surface area contributed by atoms with Crippen LogP contribution >= 0.6 is 0 Å². The number of phenols is 1. The van der Waals surface area contributed by atoms with Gasteiger partial charge in [0.1, 0.15) is 5.75 Å². The molecule has 1 spiro atoms. The second-order valence-corrected chi connectivity index (χ2v) is 10.8. The second kappa shape index (κ2) is 7.31. The third-order valence-electron chi connectivity index (χ3n) is 6.76. The first-order chi connectivity index (χ1) is 14.8. The summed E-state index contributed by atoms with van der Waals surface area (Å²) in [5.41, 5.74) is 2.34. The Kier molecular flexibility index (Phi) is 4.82. The van der Waals surface area contributed by atoms with Crippen molar-refractivity contribution in [3.8, 4) is 5.75 Å². The summed E-state index contributed by atoms with van der Waals surface area (Å²) >= 11 is 0. The average molecular weight is 441 g/mol. The molecule has 1 aromatic carbocycles. The first-order valence-corrected chi connectivity index (χ1v) is 12.4. The summed E-state index contributed by atoms with van der Waals surface area (Å²) in [7, 11) is -3.57. The summed E-state index contributed by atoms with van der Waals surface area (Å²) in [6, 6.07) is 6.12. The Morgan fingerprint density at radius 1 is 1.26 bits per heavy atom. The van der Waals surface area contributed by atoms with Crippen LogP contribution in [0.1, 0.15) is 55.3 Å².